The second-order valence-electron chi connectivity index (χ2n) is 4.28. The summed E-state index contributed by atoms with van der Waals surface area (Å²) in [6.07, 6.45) is 0. The molecule has 2 aromatic rings. The van der Waals surface area contributed by atoms with Crippen LogP contribution in [0.1, 0.15) is 17.2 Å². The average Bonchev–Trinajstić information content (AvgIpc) is 2.44. The fourth-order valence-electron chi connectivity index (χ4n) is 1.85. The Morgan fingerprint density at radius 1 is 1.00 bits per heavy atom. The second-order valence-corrected chi connectivity index (χ2v) is 5.98. The van der Waals surface area contributed by atoms with Crippen molar-refractivity contribution in [1.29, 1.82) is 0 Å². The largest absolute Gasteiger partial charge is 0.394 e. The Labute approximate surface area is 130 Å². The van der Waals surface area contributed by atoms with E-state index in [2.05, 4.69) is 49.3 Å². The van der Waals surface area contributed by atoms with E-state index in [0.717, 1.165) is 21.1 Å². The maximum Gasteiger partial charge on any atom is 0.0626 e. The number of rotatable bonds is 5. The molecule has 0 aliphatic heterocycles. The third kappa shape index (κ3) is 4.14. The fraction of sp³-hybridized carbons (Fsp3) is 0.200. The van der Waals surface area contributed by atoms with E-state index in [4.69, 9.17) is 0 Å². The highest BCUT2D eigenvalue weighted by Gasteiger charge is 2.11. The first-order valence-corrected chi connectivity index (χ1v) is 7.62. The Morgan fingerprint density at radius 2 is 1.74 bits per heavy atom. The van der Waals surface area contributed by atoms with Crippen molar-refractivity contribution in [3.8, 4) is 0 Å². The molecular weight excluding hydrogens is 370 g/mol. The third-order valence-corrected chi connectivity index (χ3v) is 4.80. The van der Waals surface area contributed by atoms with Crippen LogP contribution in [0.4, 0.5) is 0 Å². The highest BCUT2D eigenvalue weighted by Crippen LogP contribution is 2.26. The third-order valence-electron chi connectivity index (χ3n) is 2.92. The number of hydrogen-bond acceptors (Lipinski definition) is 2. The van der Waals surface area contributed by atoms with Gasteiger partial charge in [-0.05, 0) is 55.1 Å². The monoisotopic (exact) mass is 383 g/mol. The minimum Gasteiger partial charge on any atom is -0.394 e. The molecule has 0 spiro atoms. The SMILES string of the molecule is OCC(NCc1ccccc1)c1ccc(Br)c(Br)c1. The van der Waals surface area contributed by atoms with Crippen molar-refractivity contribution >= 4 is 31.9 Å². The first-order valence-electron chi connectivity index (χ1n) is 6.04. The first-order chi connectivity index (χ1) is 9.20. The molecule has 19 heavy (non-hydrogen) atoms. The van der Waals surface area contributed by atoms with Gasteiger partial charge in [0.2, 0.25) is 0 Å². The van der Waals surface area contributed by atoms with Crippen molar-refractivity contribution in [1.82, 2.24) is 5.32 Å². The summed E-state index contributed by atoms with van der Waals surface area (Å²) in [4.78, 5) is 0. The Balaban J connectivity index is 2.05. The second kappa shape index (κ2) is 7.20. The van der Waals surface area contributed by atoms with E-state index in [1.165, 1.54) is 5.56 Å². The molecule has 0 amide bonds. The Bertz CT molecular complexity index is 531. The van der Waals surface area contributed by atoms with Crippen LogP contribution in [0.25, 0.3) is 0 Å². The molecular formula is C15H15Br2NO. The van der Waals surface area contributed by atoms with Crippen molar-refractivity contribution in [2.75, 3.05) is 6.61 Å². The summed E-state index contributed by atoms with van der Waals surface area (Å²) >= 11 is 6.93. The predicted molar refractivity (Wildman–Crippen MR) is 85.0 cm³/mol. The van der Waals surface area contributed by atoms with Crippen LogP contribution < -0.4 is 5.32 Å². The van der Waals surface area contributed by atoms with Gasteiger partial charge in [-0.25, -0.2) is 0 Å². The molecule has 0 fully saturated rings. The number of benzene rings is 2. The maximum atomic E-state index is 9.53. The lowest BCUT2D eigenvalue weighted by atomic mass is 10.1. The quantitative estimate of drug-likeness (QED) is 0.815. The summed E-state index contributed by atoms with van der Waals surface area (Å²) in [5.41, 5.74) is 2.27. The van der Waals surface area contributed by atoms with Gasteiger partial charge < -0.3 is 10.4 Å². The van der Waals surface area contributed by atoms with E-state index >= 15 is 0 Å². The smallest absolute Gasteiger partial charge is 0.0626 e. The summed E-state index contributed by atoms with van der Waals surface area (Å²) in [6.45, 7) is 0.806. The summed E-state index contributed by atoms with van der Waals surface area (Å²) in [7, 11) is 0. The van der Waals surface area contributed by atoms with E-state index in [9.17, 15) is 5.11 Å². The van der Waals surface area contributed by atoms with Gasteiger partial charge in [0, 0.05) is 15.5 Å². The van der Waals surface area contributed by atoms with Gasteiger partial charge in [-0.15, -0.1) is 0 Å². The average molecular weight is 385 g/mol. The molecule has 4 heteroatoms. The van der Waals surface area contributed by atoms with Crippen LogP contribution in [0.3, 0.4) is 0 Å². The molecule has 1 atom stereocenters. The van der Waals surface area contributed by atoms with Crippen LogP contribution in [0, 0.1) is 0 Å². The maximum absolute atomic E-state index is 9.53. The van der Waals surface area contributed by atoms with Crippen LogP contribution >= 0.6 is 31.9 Å². The van der Waals surface area contributed by atoms with Gasteiger partial charge >= 0.3 is 0 Å². The van der Waals surface area contributed by atoms with Gasteiger partial charge in [-0.1, -0.05) is 36.4 Å². The lowest BCUT2D eigenvalue weighted by Crippen LogP contribution is -2.24. The van der Waals surface area contributed by atoms with Crippen molar-refractivity contribution in [2.24, 2.45) is 0 Å². The highest BCUT2D eigenvalue weighted by atomic mass is 79.9. The lowest BCUT2D eigenvalue weighted by Gasteiger charge is -2.17. The molecule has 2 N–H and O–H groups in total. The number of halogens is 2. The van der Waals surface area contributed by atoms with E-state index in [0.29, 0.717) is 0 Å². The molecule has 0 radical (unpaired) electrons. The van der Waals surface area contributed by atoms with Gasteiger partial charge in [-0.2, -0.15) is 0 Å². The molecule has 100 valence electrons. The molecule has 2 aromatic carbocycles. The fourth-order valence-corrected chi connectivity index (χ4v) is 2.50. The van der Waals surface area contributed by atoms with E-state index in [-0.39, 0.29) is 12.6 Å². The van der Waals surface area contributed by atoms with Gasteiger partial charge in [0.15, 0.2) is 0 Å². The molecule has 0 heterocycles. The molecule has 0 saturated carbocycles. The number of aliphatic hydroxyl groups is 1. The summed E-state index contributed by atoms with van der Waals surface area (Å²) < 4.78 is 2.00. The number of nitrogens with one attached hydrogen (secondary N) is 1. The summed E-state index contributed by atoms with van der Waals surface area (Å²) in [6, 6.07) is 16.1. The van der Waals surface area contributed by atoms with Crippen molar-refractivity contribution in [3.05, 3.63) is 68.6 Å². The molecule has 0 aliphatic carbocycles. The van der Waals surface area contributed by atoms with E-state index < -0.39 is 0 Å². The van der Waals surface area contributed by atoms with Crippen LogP contribution in [-0.2, 0) is 6.54 Å². The Kier molecular flexibility index (Phi) is 5.58. The predicted octanol–water partition coefficient (Wildman–Crippen LogP) is 4.03. The van der Waals surface area contributed by atoms with Crippen molar-refractivity contribution in [2.45, 2.75) is 12.6 Å². The zero-order valence-corrected chi connectivity index (χ0v) is 13.5. The molecule has 2 rings (SSSR count). The Hall–Kier alpha value is -0.680. The minimum atomic E-state index is -0.0652. The molecule has 0 saturated heterocycles. The Morgan fingerprint density at radius 3 is 2.37 bits per heavy atom. The molecule has 0 aromatic heterocycles. The number of hydrogen-bond donors (Lipinski definition) is 2. The zero-order valence-electron chi connectivity index (χ0n) is 10.3. The van der Waals surface area contributed by atoms with Gasteiger partial charge in [-0.3, -0.25) is 0 Å². The van der Waals surface area contributed by atoms with Gasteiger partial charge in [0.25, 0.3) is 0 Å². The van der Waals surface area contributed by atoms with Crippen LogP contribution in [-0.4, -0.2) is 11.7 Å². The van der Waals surface area contributed by atoms with Crippen LogP contribution in [0.5, 0.6) is 0 Å². The van der Waals surface area contributed by atoms with E-state index in [1.54, 1.807) is 0 Å². The van der Waals surface area contributed by atoms with Gasteiger partial charge in [0.1, 0.15) is 0 Å². The van der Waals surface area contributed by atoms with E-state index in [1.807, 2.05) is 36.4 Å². The molecule has 2 nitrogen and oxygen atoms in total. The van der Waals surface area contributed by atoms with Crippen LogP contribution in [0.2, 0.25) is 0 Å². The zero-order chi connectivity index (χ0) is 13.7. The molecule has 1 unspecified atom stereocenters. The summed E-state index contributed by atoms with van der Waals surface area (Å²) in [5, 5.41) is 12.9. The topological polar surface area (TPSA) is 32.3 Å². The standard InChI is InChI=1S/C15H15Br2NO/c16-13-7-6-12(8-14(13)17)15(10-19)18-9-11-4-2-1-3-5-11/h1-8,15,18-19H,9-10H2. The highest BCUT2D eigenvalue weighted by molar-refractivity contribution is 9.13. The first kappa shape index (κ1) is 14.7. The summed E-state index contributed by atoms with van der Waals surface area (Å²) in [5.74, 6) is 0. The van der Waals surface area contributed by atoms with Gasteiger partial charge in [0.05, 0.1) is 12.6 Å². The van der Waals surface area contributed by atoms with Crippen molar-refractivity contribution in [3.63, 3.8) is 0 Å². The minimum absolute atomic E-state index is 0.0652. The lowest BCUT2D eigenvalue weighted by molar-refractivity contribution is 0.243. The number of aliphatic hydroxyl groups excluding tert-OH is 1. The molecule has 0 aliphatic rings. The normalized spacial score (nSPS) is 12.4. The van der Waals surface area contributed by atoms with Crippen molar-refractivity contribution < 1.29 is 5.11 Å². The van der Waals surface area contributed by atoms with Crippen LogP contribution in [0.15, 0.2) is 57.5 Å². The molecule has 0 bridgehead atoms.